The van der Waals surface area contributed by atoms with Crippen LogP contribution >= 0.6 is 23.4 Å². The van der Waals surface area contributed by atoms with Crippen LogP contribution in [0.5, 0.6) is 0 Å². The highest BCUT2D eigenvalue weighted by atomic mass is 35.5. The van der Waals surface area contributed by atoms with Gasteiger partial charge in [-0.2, -0.15) is 0 Å². The summed E-state index contributed by atoms with van der Waals surface area (Å²) in [5, 5.41) is 3.65. The third-order valence-corrected chi connectivity index (χ3v) is 11.4. The first kappa shape index (κ1) is 34.5. The van der Waals surface area contributed by atoms with Gasteiger partial charge in [-0.25, -0.2) is 8.42 Å². The number of nitrogens with one attached hydrogen (secondary N) is 1. The third-order valence-electron chi connectivity index (χ3n) is 8.52. The molecule has 7 nitrogen and oxygen atoms in total. The number of carbonyl (C=O) groups is 2. The molecule has 0 aliphatic heterocycles. The van der Waals surface area contributed by atoms with Gasteiger partial charge in [0.25, 0.3) is 10.0 Å². The molecular weight excluding hydrogens is 650 g/mol. The maximum Gasteiger partial charge on any atom is 0.264 e. The van der Waals surface area contributed by atoms with E-state index >= 15 is 0 Å². The van der Waals surface area contributed by atoms with Gasteiger partial charge in [-0.3, -0.25) is 13.9 Å². The summed E-state index contributed by atoms with van der Waals surface area (Å²) in [4.78, 5) is 31.3. The fourth-order valence-corrected chi connectivity index (χ4v) is 7.86. The summed E-state index contributed by atoms with van der Waals surface area (Å²) in [6.45, 7) is 1.43. The molecule has 2 amide bonds. The third kappa shape index (κ3) is 8.77. The summed E-state index contributed by atoms with van der Waals surface area (Å²) in [7, 11) is -4.18. The Bertz CT molecular complexity index is 1760. The first-order valence-corrected chi connectivity index (χ1v) is 18.8. The van der Waals surface area contributed by atoms with E-state index in [1.165, 1.54) is 16.7 Å². The van der Waals surface area contributed by atoms with Crippen molar-refractivity contribution in [2.24, 2.45) is 0 Å². The van der Waals surface area contributed by atoms with Gasteiger partial charge in [0.15, 0.2) is 0 Å². The minimum atomic E-state index is -4.18. The van der Waals surface area contributed by atoms with E-state index in [1.54, 1.807) is 48.5 Å². The lowest BCUT2D eigenvalue weighted by molar-refractivity contribution is -0.140. The number of aryl methyl sites for hydroxylation is 1. The van der Waals surface area contributed by atoms with Crippen molar-refractivity contribution in [2.45, 2.75) is 67.4 Å². The maximum absolute atomic E-state index is 14.7. The second-order valence-electron chi connectivity index (χ2n) is 11.8. The van der Waals surface area contributed by atoms with E-state index < -0.39 is 28.5 Å². The predicted octanol–water partition coefficient (Wildman–Crippen LogP) is 7.26. The molecule has 1 aliphatic rings. The molecule has 0 bridgehead atoms. The van der Waals surface area contributed by atoms with Gasteiger partial charge in [-0.05, 0) is 79.6 Å². The molecule has 0 radical (unpaired) electrons. The highest BCUT2D eigenvalue weighted by Crippen LogP contribution is 2.28. The van der Waals surface area contributed by atoms with Gasteiger partial charge < -0.3 is 10.2 Å². The summed E-state index contributed by atoms with van der Waals surface area (Å²) < 4.78 is 29.7. The Hall–Kier alpha value is -3.79. The van der Waals surface area contributed by atoms with Crippen LogP contribution < -0.4 is 9.62 Å². The molecule has 1 N–H and O–H groups in total. The van der Waals surface area contributed by atoms with Crippen molar-refractivity contribution in [1.29, 1.82) is 0 Å². The second-order valence-corrected chi connectivity index (χ2v) is 15.0. The number of thioether (sulfide) groups is 1. The van der Waals surface area contributed by atoms with Gasteiger partial charge in [0, 0.05) is 28.9 Å². The molecule has 4 aromatic rings. The minimum absolute atomic E-state index is 0.0261. The van der Waals surface area contributed by atoms with Gasteiger partial charge in [0.05, 0.1) is 10.6 Å². The van der Waals surface area contributed by atoms with Crippen LogP contribution in [0.2, 0.25) is 5.02 Å². The molecule has 0 aromatic heterocycles. The smallest absolute Gasteiger partial charge is 0.264 e. The number of carbonyl (C=O) groups excluding carboxylic acids is 2. The summed E-state index contributed by atoms with van der Waals surface area (Å²) in [5.74, 6) is -0.782. The van der Waals surface area contributed by atoms with Crippen molar-refractivity contribution < 1.29 is 18.0 Å². The lowest BCUT2D eigenvalue weighted by Crippen LogP contribution is -2.54. The van der Waals surface area contributed by atoms with Gasteiger partial charge in [-0.15, -0.1) is 11.8 Å². The number of halogens is 1. The van der Waals surface area contributed by atoms with Crippen LogP contribution in [0.25, 0.3) is 0 Å². The molecule has 246 valence electrons. The normalized spacial score (nSPS) is 14.0. The molecule has 0 spiro atoms. The molecule has 0 unspecified atom stereocenters. The Morgan fingerprint density at radius 3 is 2.17 bits per heavy atom. The number of sulfonamides is 1. The van der Waals surface area contributed by atoms with E-state index in [9.17, 15) is 18.0 Å². The molecule has 47 heavy (non-hydrogen) atoms. The SMILES string of the molecule is CSc1ccc(S(=O)(=O)N(CC(=O)N(Cc2ccccc2Cl)[C@H](Cc2ccccc2)C(=O)NC2CCCC2)c2ccc(C)cc2)cc1. The van der Waals surface area contributed by atoms with Crippen LogP contribution in [0.3, 0.4) is 0 Å². The Morgan fingerprint density at radius 1 is 0.894 bits per heavy atom. The van der Waals surface area contributed by atoms with E-state index in [0.29, 0.717) is 16.3 Å². The molecule has 0 saturated heterocycles. The highest BCUT2D eigenvalue weighted by molar-refractivity contribution is 7.98. The van der Waals surface area contributed by atoms with E-state index in [0.717, 1.165) is 46.0 Å². The zero-order chi connectivity index (χ0) is 33.4. The summed E-state index contributed by atoms with van der Waals surface area (Å²) in [5.41, 5.74) is 2.85. The lowest BCUT2D eigenvalue weighted by atomic mass is 10.0. The number of hydrogen-bond acceptors (Lipinski definition) is 5. The molecular formula is C37H40ClN3O4S2. The van der Waals surface area contributed by atoms with Gasteiger partial charge in [0.2, 0.25) is 11.8 Å². The van der Waals surface area contributed by atoms with Crippen molar-refractivity contribution in [3.8, 4) is 0 Å². The van der Waals surface area contributed by atoms with Crippen molar-refractivity contribution in [3.05, 3.63) is 125 Å². The number of nitrogens with zero attached hydrogens (tertiary/aromatic N) is 2. The molecule has 5 rings (SSSR count). The number of hydrogen-bond donors (Lipinski definition) is 1. The molecule has 1 atom stereocenters. The van der Waals surface area contributed by atoms with Gasteiger partial charge >= 0.3 is 0 Å². The molecule has 4 aromatic carbocycles. The summed E-state index contributed by atoms with van der Waals surface area (Å²) >= 11 is 8.11. The first-order chi connectivity index (χ1) is 22.7. The maximum atomic E-state index is 14.7. The van der Waals surface area contributed by atoms with Gasteiger partial charge in [-0.1, -0.05) is 90.7 Å². The topological polar surface area (TPSA) is 86.8 Å². The average Bonchev–Trinajstić information content (AvgIpc) is 3.60. The predicted molar refractivity (Wildman–Crippen MR) is 190 cm³/mol. The fourth-order valence-electron chi connectivity index (χ4n) is 5.85. The highest BCUT2D eigenvalue weighted by Gasteiger charge is 2.35. The quantitative estimate of drug-likeness (QED) is 0.149. The number of anilines is 1. The first-order valence-electron chi connectivity index (χ1n) is 15.8. The minimum Gasteiger partial charge on any atom is -0.352 e. The zero-order valence-corrected chi connectivity index (χ0v) is 29.0. The summed E-state index contributed by atoms with van der Waals surface area (Å²) in [6, 6.07) is 29.5. The fraction of sp³-hybridized carbons (Fsp3) is 0.297. The molecule has 1 saturated carbocycles. The molecule has 1 aliphatic carbocycles. The number of rotatable bonds is 13. The molecule has 1 fully saturated rings. The number of amides is 2. The van der Waals surface area contributed by atoms with Crippen LogP contribution in [0, 0.1) is 6.92 Å². The Labute approximate surface area is 287 Å². The average molecular weight is 690 g/mol. The van der Waals surface area contributed by atoms with Crippen LogP contribution in [0.15, 0.2) is 113 Å². The largest absolute Gasteiger partial charge is 0.352 e. The van der Waals surface area contributed by atoms with E-state index in [4.69, 9.17) is 11.6 Å². The van der Waals surface area contributed by atoms with Gasteiger partial charge in [0.1, 0.15) is 12.6 Å². The Morgan fingerprint density at radius 2 is 1.53 bits per heavy atom. The van der Waals surface area contributed by atoms with Crippen molar-refractivity contribution >= 4 is 50.9 Å². The van der Waals surface area contributed by atoms with Crippen molar-refractivity contribution in [3.63, 3.8) is 0 Å². The second kappa shape index (κ2) is 15.9. The van der Waals surface area contributed by atoms with E-state index in [1.807, 2.05) is 67.8 Å². The summed E-state index contributed by atoms with van der Waals surface area (Å²) in [6.07, 6.45) is 6.02. The monoisotopic (exact) mass is 689 g/mol. The van der Waals surface area contributed by atoms with E-state index in [2.05, 4.69) is 5.32 Å². The molecule has 10 heteroatoms. The van der Waals surface area contributed by atoms with E-state index in [-0.39, 0.29) is 29.8 Å². The molecule has 0 heterocycles. The van der Waals surface area contributed by atoms with Crippen LogP contribution in [-0.2, 0) is 32.6 Å². The van der Waals surface area contributed by atoms with Crippen LogP contribution in [-0.4, -0.2) is 50.0 Å². The van der Waals surface area contributed by atoms with Crippen molar-refractivity contribution in [2.75, 3.05) is 17.1 Å². The van der Waals surface area contributed by atoms with Crippen LogP contribution in [0.4, 0.5) is 5.69 Å². The Kier molecular flexibility index (Phi) is 11.7. The number of benzene rings is 4. The van der Waals surface area contributed by atoms with Crippen LogP contribution in [0.1, 0.15) is 42.4 Å². The zero-order valence-electron chi connectivity index (χ0n) is 26.6. The lowest BCUT2D eigenvalue weighted by Gasteiger charge is -2.34. The van der Waals surface area contributed by atoms with Crippen molar-refractivity contribution in [1.82, 2.24) is 10.2 Å². The standard InChI is InChI=1S/C37H40ClN3O4S2/c1-27-16-18-31(19-17-27)41(47(44,45)33-22-20-32(46-2)21-23-33)26-36(42)40(25-29-12-6-9-15-34(29)38)35(24-28-10-4-3-5-11-28)37(43)39-30-13-7-8-14-30/h3-6,9-12,15-23,30,35H,7-8,13-14,24-26H2,1-2H3,(H,39,43)/t35-/m1/s1. The Balaban J connectivity index is 1.56.